The van der Waals surface area contributed by atoms with Gasteiger partial charge in [-0.1, -0.05) is 70.4 Å². The molecule has 1 rings (SSSR count). The van der Waals surface area contributed by atoms with Crippen LogP contribution in [0.4, 0.5) is 0 Å². The molecule has 1 aromatic rings. The Bertz CT molecular complexity index is 456. The third-order valence-corrected chi connectivity index (χ3v) is 5.07. The summed E-state index contributed by atoms with van der Waals surface area (Å²) < 4.78 is 0. The molecule has 1 N–H and O–H groups in total. The molecule has 0 aliphatic rings. The molecule has 0 radical (unpaired) electrons. The van der Waals surface area contributed by atoms with Crippen molar-refractivity contribution in [3.8, 4) is 6.07 Å². The zero-order chi connectivity index (χ0) is 17.1. The molecule has 0 aromatic heterocycles. The Morgan fingerprint density at radius 3 is 2.00 bits per heavy atom. The summed E-state index contributed by atoms with van der Waals surface area (Å²) in [5, 5.41) is 13.7. The van der Waals surface area contributed by atoms with Crippen molar-refractivity contribution in [2.75, 3.05) is 7.05 Å². The molecule has 0 fully saturated rings. The molecule has 0 saturated heterocycles. The van der Waals surface area contributed by atoms with Crippen LogP contribution in [0, 0.1) is 17.2 Å². The molecule has 0 heterocycles. The summed E-state index contributed by atoms with van der Waals surface area (Å²) in [7, 11) is 2.03. The molecule has 23 heavy (non-hydrogen) atoms. The zero-order valence-electron chi connectivity index (χ0n) is 15.4. The van der Waals surface area contributed by atoms with Gasteiger partial charge in [0.2, 0.25) is 0 Å². The second kappa shape index (κ2) is 10.4. The van der Waals surface area contributed by atoms with Crippen LogP contribution in [-0.2, 0) is 5.41 Å². The third-order valence-electron chi connectivity index (χ3n) is 5.07. The summed E-state index contributed by atoms with van der Waals surface area (Å²) in [6.45, 7) is 6.69. The second-order valence-electron chi connectivity index (χ2n) is 6.70. The van der Waals surface area contributed by atoms with Crippen molar-refractivity contribution in [2.45, 2.75) is 77.2 Å². The van der Waals surface area contributed by atoms with Crippen molar-refractivity contribution in [3.63, 3.8) is 0 Å². The van der Waals surface area contributed by atoms with Gasteiger partial charge in [0.05, 0.1) is 11.5 Å². The lowest BCUT2D eigenvalue weighted by Gasteiger charge is -2.38. The van der Waals surface area contributed by atoms with Crippen LogP contribution in [-0.4, -0.2) is 13.1 Å². The van der Waals surface area contributed by atoms with Gasteiger partial charge >= 0.3 is 0 Å². The molecule has 2 heteroatoms. The molecule has 0 aliphatic carbocycles. The summed E-state index contributed by atoms with van der Waals surface area (Å²) in [5.74, 6) is 0.428. The summed E-state index contributed by atoms with van der Waals surface area (Å²) in [4.78, 5) is 0. The molecule has 0 bridgehead atoms. The number of rotatable bonds is 11. The average Bonchev–Trinajstić information content (AvgIpc) is 2.59. The lowest BCUT2D eigenvalue weighted by Crippen LogP contribution is -2.41. The van der Waals surface area contributed by atoms with E-state index in [9.17, 15) is 5.26 Å². The van der Waals surface area contributed by atoms with Crippen molar-refractivity contribution in [1.82, 2.24) is 5.32 Å². The third kappa shape index (κ3) is 5.08. The van der Waals surface area contributed by atoms with Gasteiger partial charge in [0.1, 0.15) is 0 Å². The van der Waals surface area contributed by atoms with Gasteiger partial charge in [-0.25, -0.2) is 0 Å². The monoisotopic (exact) mass is 314 g/mol. The van der Waals surface area contributed by atoms with Crippen molar-refractivity contribution in [3.05, 3.63) is 35.9 Å². The molecule has 0 amide bonds. The first-order chi connectivity index (χ1) is 11.2. The first kappa shape index (κ1) is 19.7. The topological polar surface area (TPSA) is 35.8 Å². The van der Waals surface area contributed by atoms with E-state index in [0.717, 1.165) is 44.9 Å². The highest BCUT2D eigenvalue weighted by Crippen LogP contribution is 2.42. The highest BCUT2D eigenvalue weighted by molar-refractivity contribution is 5.34. The van der Waals surface area contributed by atoms with Gasteiger partial charge in [0.25, 0.3) is 0 Å². The van der Waals surface area contributed by atoms with E-state index >= 15 is 0 Å². The molecule has 0 saturated carbocycles. The highest BCUT2D eigenvalue weighted by atomic mass is 14.9. The molecule has 0 aliphatic heterocycles. The number of nitrogens with zero attached hydrogens (tertiary/aromatic N) is 1. The predicted octanol–water partition coefficient (Wildman–Crippen LogP) is 5.44. The number of benzene rings is 1. The lowest BCUT2D eigenvalue weighted by atomic mass is 9.64. The largest absolute Gasteiger partial charge is 0.317 e. The van der Waals surface area contributed by atoms with Crippen molar-refractivity contribution < 1.29 is 0 Å². The maximum Gasteiger partial charge on any atom is 0.0865 e. The van der Waals surface area contributed by atoms with E-state index in [1.165, 1.54) is 5.56 Å². The number of nitriles is 1. The normalized spacial score (nSPS) is 15.1. The van der Waals surface area contributed by atoms with E-state index in [1.54, 1.807) is 0 Å². The van der Waals surface area contributed by atoms with E-state index in [1.807, 2.05) is 13.1 Å². The Morgan fingerprint density at radius 2 is 1.57 bits per heavy atom. The van der Waals surface area contributed by atoms with E-state index in [2.05, 4.69) is 56.4 Å². The number of hydrogen-bond acceptors (Lipinski definition) is 2. The van der Waals surface area contributed by atoms with E-state index < -0.39 is 0 Å². The molecule has 2 atom stereocenters. The van der Waals surface area contributed by atoms with Gasteiger partial charge in [-0.3, -0.25) is 0 Å². The number of nitrogens with one attached hydrogen (secondary N) is 1. The summed E-state index contributed by atoms with van der Waals surface area (Å²) in [6.07, 6.45) is 7.70. The lowest BCUT2D eigenvalue weighted by molar-refractivity contribution is 0.249. The first-order valence-corrected chi connectivity index (χ1v) is 9.32. The van der Waals surface area contributed by atoms with E-state index in [-0.39, 0.29) is 5.41 Å². The van der Waals surface area contributed by atoms with Gasteiger partial charge in [-0.2, -0.15) is 5.26 Å². The predicted molar refractivity (Wildman–Crippen MR) is 99.4 cm³/mol. The Hall–Kier alpha value is -1.33. The van der Waals surface area contributed by atoms with Gasteiger partial charge in [-0.15, -0.1) is 0 Å². The van der Waals surface area contributed by atoms with Crippen LogP contribution in [0.15, 0.2) is 30.3 Å². The van der Waals surface area contributed by atoms with Crippen LogP contribution >= 0.6 is 0 Å². The maximum atomic E-state index is 10.3. The Balaban J connectivity index is 3.28. The van der Waals surface area contributed by atoms with Gasteiger partial charge in [-0.05, 0) is 44.2 Å². The quantitative estimate of drug-likeness (QED) is 0.590. The summed E-state index contributed by atoms with van der Waals surface area (Å²) in [5.41, 5.74) is 0.821. The fourth-order valence-electron chi connectivity index (χ4n) is 3.88. The Kier molecular flexibility index (Phi) is 8.95. The van der Waals surface area contributed by atoms with Crippen LogP contribution in [0.3, 0.4) is 0 Å². The zero-order valence-corrected chi connectivity index (χ0v) is 15.4. The molecular formula is C21H34N2. The molecule has 1 aromatic carbocycles. The van der Waals surface area contributed by atoms with Crippen LogP contribution in [0.25, 0.3) is 0 Å². The summed E-state index contributed by atoms with van der Waals surface area (Å²) in [6, 6.07) is 13.7. The summed E-state index contributed by atoms with van der Waals surface area (Å²) >= 11 is 0. The fourth-order valence-corrected chi connectivity index (χ4v) is 3.88. The minimum atomic E-state index is -0.379. The van der Waals surface area contributed by atoms with Crippen molar-refractivity contribution in [2.24, 2.45) is 5.92 Å². The van der Waals surface area contributed by atoms with Gasteiger partial charge < -0.3 is 5.32 Å². The van der Waals surface area contributed by atoms with Gasteiger partial charge in [0.15, 0.2) is 0 Å². The molecule has 2 unspecified atom stereocenters. The van der Waals surface area contributed by atoms with Crippen molar-refractivity contribution in [1.29, 1.82) is 5.26 Å². The van der Waals surface area contributed by atoms with E-state index in [4.69, 9.17) is 0 Å². The van der Waals surface area contributed by atoms with Crippen LogP contribution < -0.4 is 5.32 Å². The molecular weight excluding hydrogens is 280 g/mol. The number of hydrogen-bond donors (Lipinski definition) is 1. The molecule has 0 spiro atoms. The smallest absolute Gasteiger partial charge is 0.0865 e. The van der Waals surface area contributed by atoms with E-state index in [0.29, 0.717) is 12.0 Å². The second-order valence-corrected chi connectivity index (χ2v) is 6.70. The minimum Gasteiger partial charge on any atom is -0.317 e. The maximum absolute atomic E-state index is 10.3. The van der Waals surface area contributed by atoms with Crippen LogP contribution in [0.1, 0.15) is 71.3 Å². The van der Waals surface area contributed by atoms with Crippen LogP contribution in [0.2, 0.25) is 0 Å². The molecule has 2 nitrogen and oxygen atoms in total. The highest BCUT2D eigenvalue weighted by Gasteiger charge is 2.41. The first-order valence-electron chi connectivity index (χ1n) is 9.32. The fraction of sp³-hybridized carbons (Fsp3) is 0.667. The average molecular weight is 315 g/mol. The standard InChI is InChI=1S/C21H34N2/c1-5-11-18(12-6-2)21(17-22,16-20(23-4)13-7-3)19-14-9-8-10-15-19/h8-10,14-15,18,20,23H,5-7,11-13,16H2,1-4H3. The minimum absolute atomic E-state index is 0.379. The van der Waals surface area contributed by atoms with Crippen molar-refractivity contribution >= 4 is 0 Å². The Morgan fingerprint density at radius 1 is 1.00 bits per heavy atom. The molecule has 128 valence electrons. The SMILES string of the molecule is CCCC(CC(C#N)(c1ccccc1)C(CCC)CCC)NC. The Labute approximate surface area is 143 Å². The van der Waals surface area contributed by atoms with Crippen LogP contribution in [0.5, 0.6) is 0 Å². The van der Waals surface area contributed by atoms with Gasteiger partial charge in [0, 0.05) is 6.04 Å².